The zero-order valence-electron chi connectivity index (χ0n) is 14.4. The summed E-state index contributed by atoms with van der Waals surface area (Å²) in [6.07, 6.45) is 2.17. The molecule has 0 fully saturated rings. The summed E-state index contributed by atoms with van der Waals surface area (Å²) in [7, 11) is 4.31. The maximum Gasteiger partial charge on any atom is 0.236 e. The van der Waals surface area contributed by atoms with E-state index in [2.05, 4.69) is 102 Å². The van der Waals surface area contributed by atoms with E-state index in [9.17, 15) is 0 Å². The van der Waals surface area contributed by atoms with E-state index in [1.165, 1.54) is 43.8 Å². The Morgan fingerprint density at radius 1 is 0.680 bits per heavy atom. The van der Waals surface area contributed by atoms with E-state index >= 15 is 0 Å². The Morgan fingerprint density at radius 3 is 2.24 bits per heavy atom. The van der Waals surface area contributed by atoms with Crippen molar-refractivity contribution in [2.75, 3.05) is 0 Å². The highest BCUT2D eigenvalue weighted by molar-refractivity contribution is 6.19. The van der Waals surface area contributed by atoms with Crippen molar-refractivity contribution < 1.29 is 4.57 Å². The van der Waals surface area contributed by atoms with Gasteiger partial charge in [0.05, 0.1) is 5.52 Å². The minimum absolute atomic E-state index is 1.24. The highest BCUT2D eigenvalue weighted by atomic mass is 15.0. The number of nitrogens with zero attached hydrogens (tertiary/aromatic N) is 2. The number of aromatic nitrogens is 2. The van der Waals surface area contributed by atoms with Crippen LogP contribution in [0.2, 0.25) is 0 Å². The van der Waals surface area contributed by atoms with Crippen molar-refractivity contribution in [3.05, 3.63) is 79.0 Å². The van der Waals surface area contributed by atoms with Gasteiger partial charge in [0.15, 0.2) is 6.20 Å². The average molecular weight is 323 g/mol. The van der Waals surface area contributed by atoms with Crippen LogP contribution in [-0.4, -0.2) is 4.57 Å². The van der Waals surface area contributed by atoms with Crippen LogP contribution < -0.4 is 4.57 Å². The Labute approximate surface area is 146 Å². The fourth-order valence-corrected chi connectivity index (χ4v) is 4.07. The van der Waals surface area contributed by atoms with E-state index in [-0.39, 0.29) is 0 Å². The quantitative estimate of drug-likeness (QED) is 0.385. The van der Waals surface area contributed by atoms with E-state index in [0.29, 0.717) is 0 Å². The molecule has 0 bridgehead atoms. The molecule has 0 aliphatic rings. The van der Waals surface area contributed by atoms with Crippen molar-refractivity contribution >= 4 is 32.6 Å². The number of rotatable bonds is 1. The van der Waals surface area contributed by atoms with Gasteiger partial charge in [-0.25, -0.2) is 0 Å². The third-order valence-corrected chi connectivity index (χ3v) is 5.21. The summed E-state index contributed by atoms with van der Waals surface area (Å²) in [5.74, 6) is 0. The SMILES string of the molecule is Cn1c2c(-c3ccccc3)[n+](C)ccc2c2ccc3ccccc3c21. The summed E-state index contributed by atoms with van der Waals surface area (Å²) >= 11 is 0. The molecule has 2 nitrogen and oxygen atoms in total. The predicted molar refractivity (Wildman–Crippen MR) is 105 cm³/mol. The molecule has 25 heavy (non-hydrogen) atoms. The van der Waals surface area contributed by atoms with Crippen molar-refractivity contribution in [2.45, 2.75) is 0 Å². The van der Waals surface area contributed by atoms with Gasteiger partial charge in [0, 0.05) is 34.8 Å². The molecular weight excluding hydrogens is 304 g/mol. The van der Waals surface area contributed by atoms with E-state index < -0.39 is 0 Å². The van der Waals surface area contributed by atoms with Gasteiger partial charge in [0.1, 0.15) is 12.6 Å². The van der Waals surface area contributed by atoms with Gasteiger partial charge < -0.3 is 4.57 Å². The second-order valence-electron chi connectivity index (χ2n) is 6.65. The smallest absolute Gasteiger partial charge is 0.236 e. The second-order valence-corrected chi connectivity index (χ2v) is 6.65. The Hall–Kier alpha value is -3.13. The lowest BCUT2D eigenvalue weighted by molar-refractivity contribution is -0.659. The van der Waals surface area contributed by atoms with Crippen molar-refractivity contribution in [3.8, 4) is 11.3 Å². The van der Waals surface area contributed by atoms with Gasteiger partial charge in [-0.3, -0.25) is 0 Å². The Bertz CT molecular complexity index is 1250. The number of pyridine rings is 1. The minimum Gasteiger partial charge on any atom is -0.338 e. The third kappa shape index (κ3) is 1.94. The standard InChI is InChI=1S/C23H19N2/c1-24-15-14-20-19-13-12-16-8-6-7-11-18(16)22(19)25(2)23(20)21(24)17-9-4-3-5-10-17/h3-15H,1-2H3/q+1. The van der Waals surface area contributed by atoms with Crippen LogP contribution in [0.15, 0.2) is 79.0 Å². The van der Waals surface area contributed by atoms with E-state index in [4.69, 9.17) is 0 Å². The fraction of sp³-hybridized carbons (Fsp3) is 0.0870. The van der Waals surface area contributed by atoms with Crippen molar-refractivity contribution in [1.29, 1.82) is 0 Å². The van der Waals surface area contributed by atoms with E-state index in [1.54, 1.807) is 0 Å². The number of fused-ring (bicyclic) bond motifs is 5. The summed E-state index contributed by atoms with van der Waals surface area (Å²) in [4.78, 5) is 0. The summed E-state index contributed by atoms with van der Waals surface area (Å²) < 4.78 is 4.58. The number of hydrogen-bond donors (Lipinski definition) is 0. The normalized spacial score (nSPS) is 11.6. The number of aryl methyl sites for hydroxylation is 2. The first-order valence-electron chi connectivity index (χ1n) is 8.59. The second kappa shape index (κ2) is 5.18. The molecule has 2 heteroatoms. The van der Waals surface area contributed by atoms with Gasteiger partial charge in [-0.1, -0.05) is 54.6 Å². The lowest BCUT2D eigenvalue weighted by Crippen LogP contribution is -2.30. The zero-order valence-corrected chi connectivity index (χ0v) is 14.4. The predicted octanol–water partition coefficient (Wildman–Crippen LogP) is 4.98. The summed E-state index contributed by atoms with van der Waals surface area (Å²) in [5, 5.41) is 5.21. The van der Waals surface area contributed by atoms with Crippen LogP contribution in [0.1, 0.15) is 0 Å². The largest absolute Gasteiger partial charge is 0.338 e. The summed E-state index contributed by atoms with van der Waals surface area (Å²) in [6, 6.07) is 26.0. The molecule has 5 rings (SSSR count). The zero-order chi connectivity index (χ0) is 17.0. The molecule has 0 aliphatic carbocycles. The van der Waals surface area contributed by atoms with Crippen LogP contribution in [0, 0.1) is 0 Å². The lowest BCUT2D eigenvalue weighted by atomic mass is 10.0. The van der Waals surface area contributed by atoms with Gasteiger partial charge in [-0.05, 0) is 17.5 Å². The number of hydrogen-bond acceptors (Lipinski definition) is 0. The Morgan fingerprint density at radius 2 is 1.40 bits per heavy atom. The molecule has 0 saturated carbocycles. The van der Waals surface area contributed by atoms with E-state index in [1.807, 2.05) is 0 Å². The molecule has 2 heterocycles. The molecule has 0 saturated heterocycles. The minimum atomic E-state index is 1.24. The first kappa shape index (κ1) is 14.2. The van der Waals surface area contributed by atoms with Gasteiger partial charge in [-0.15, -0.1) is 0 Å². The van der Waals surface area contributed by atoms with E-state index in [0.717, 1.165) is 0 Å². The van der Waals surface area contributed by atoms with Crippen molar-refractivity contribution in [1.82, 2.24) is 4.57 Å². The maximum absolute atomic E-state index is 2.36. The molecule has 0 aliphatic heterocycles. The molecule has 3 aromatic carbocycles. The van der Waals surface area contributed by atoms with Gasteiger partial charge >= 0.3 is 0 Å². The fourth-order valence-electron chi connectivity index (χ4n) is 4.07. The summed E-state index contributed by atoms with van der Waals surface area (Å²) in [5.41, 5.74) is 5.07. The van der Waals surface area contributed by atoms with Crippen LogP contribution in [0.4, 0.5) is 0 Å². The van der Waals surface area contributed by atoms with Gasteiger partial charge in [-0.2, -0.15) is 4.57 Å². The Balaban J connectivity index is 2.03. The molecule has 0 amide bonds. The first-order valence-corrected chi connectivity index (χ1v) is 8.59. The van der Waals surface area contributed by atoms with Crippen LogP contribution in [0.25, 0.3) is 43.8 Å². The molecule has 0 spiro atoms. The summed E-state index contributed by atoms with van der Waals surface area (Å²) in [6.45, 7) is 0. The molecule has 2 aromatic heterocycles. The molecular formula is C23H19N2+. The third-order valence-electron chi connectivity index (χ3n) is 5.21. The lowest BCUT2D eigenvalue weighted by Gasteiger charge is -2.05. The molecule has 0 N–H and O–H groups in total. The highest BCUT2D eigenvalue weighted by Crippen LogP contribution is 2.36. The van der Waals surface area contributed by atoms with Gasteiger partial charge in [0.25, 0.3) is 0 Å². The molecule has 0 atom stereocenters. The van der Waals surface area contributed by atoms with Crippen LogP contribution in [0.5, 0.6) is 0 Å². The topological polar surface area (TPSA) is 8.81 Å². The van der Waals surface area contributed by atoms with Crippen LogP contribution >= 0.6 is 0 Å². The molecule has 0 radical (unpaired) electrons. The van der Waals surface area contributed by atoms with Crippen molar-refractivity contribution in [2.24, 2.45) is 14.1 Å². The maximum atomic E-state index is 2.36. The van der Waals surface area contributed by atoms with Crippen LogP contribution in [-0.2, 0) is 14.1 Å². The average Bonchev–Trinajstić information content (AvgIpc) is 2.95. The van der Waals surface area contributed by atoms with Crippen molar-refractivity contribution in [3.63, 3.8) is 0 Å². The monoisotopic (exact) mass is 323 g/mol. The number of benzene rings is 3. The highest BCUT2D eigenvalue weighted by Gasteiger charge is 2.21. The van der Waals surface area contributed by atoms with Crippen LogP contribution in [0.3, 0.4) is 0 Å². The molecule has 0 unspecified atom stereocenters. The Kier molecular flexibility index (Phi) is 2.95. The molecule has 120 valence electrons. The first-order chi connectivity index (χ1) is 12.3. The van der Waals surface area contributed by atoms with Gasteiger partial charge in [0.2, 0.25) is 5.69 Å². The molecule has 5 aromatic rings.